The van der Waals surface area contributed by atoms with E-state index in [1.165, 1.54) is 18.2 Å². The van der Waals surface area contributed by atoms with Gasteiger partial charge in [0.2, 0.25) is 0 Å². The maximum atomic E-state index is 13.8. The molecule has 0 aromatic heterocycles. The number of nitrogens with zero attached hydrogens (tertiary/aromatic N) is 2. The lowest BCUT2D eigenvalue weighted by Crippen LogP contribution is -2.49. The van der Waals surface area contributed by atoms with Gasteiger partial charge in [0, 0.05) is 45.9 Å². The quantitative estimate of drug-likeness (QED) is 0.505. The number of likely N-dealkylation sites (tertiary alicyclic amines) is 1. The number of sulfone groups is 1. The summed E-state index contributed by atoms with van der Waals surface area (Å²) in [6.45, 7) is 5.10. The number of piperidine rings is 1. The van der Waals surface area contributed by atoms with Crippen molar-refractivity contribution in [3.63, 3.8) is 0 Å². The van der Waals surface area contributed by atoms with Crippen molar-refractivity contribution in [1.82, 2.24) is 15.5 Å². The lowest BCUT2D eigenvalue weighted by atomic mass is 10.0. The predicted molar refractivity (Wildman–Crippen MR) is 111 cm³/mol. The van der Waals surface area contributed by atoms with E-state index in [1.54, 1.807) is 7.05 Å². The molecule has 0 spiro atoms. The van der Waals surface area contributed by atoms with E-state index >= 15 is 0 Å². The fourth-order valence-electron chi connectivity index (χ4n) is 3.85. The molecule has 2 fully saturated rings. The minimum atomic E-state index is -3.68. The molecule has 2 saturated heterocycles. The van der Waals surface area contributed by atoms with Crippen LogP contribution in [0.3, 0.4) is 0 Å². The summed E-state index contributed by atoms with van der Waals surface area (Å²) in [6.07, 6.45) is 3.19. The molecular weight excluding hydrogens is 395 g/mol. The van der Waals surface area contributed by atoms with Gasteiger partial charge in [-0.2, -0.15) is 0 Å². The number of nitrogens with one attached hydrogen (secondary N) is 2. The monoisotopic (exact) mass is 426 g/mol. The topological polar surface area (TPSA) is 83.0 Å². The van der Waals surface area contributed by atoms with Gasteiger partial charge >= 0.3 is 0 Å². The molecule has 2 aliphatic rings. The summed E-state index contributed by atoms with van der Waals surface area (Å²) in [7, 11) is -2.02. The molecule has 2 N–H and O–H groups in total. The Hall–Kier alpha value is -1.71. The van der Waals surface area contributed by atoms with Crippen LogP contribution >= 0.6 is 0 Å². The SMILES string of the molecule is CN=C(NCCS(=O)(=O)c1ccccc1F)NC1CCN(CC2CCOC2)CC1. The van der Waals surface area contributed by atoms with Crippen molar-refractivity contribution in [2.24, 2.45) is 10.9 Å². The number of rotatable bonds is 7. The molecule has 1 aromatic rings. The molecule has 0 radical (unpaired) electrons. The molecule has 162 valence electrons. The summed E-state index contributed by atoms with van der Waals surface area (Å²) >= 11 is 0. The van der Waals surface area contributed by atoms with Crippen molar-refractivity contribution in [3.8, 4) is 0 Å². The van der Waals surface area contributed by atoms with Crippen molar-refractivity contribution >= 4 is 15.8 Å². The summed E-state index contributed by atoms with van der Waals surface area (Å²) in [5, 5.41) is 6.41. The van der Waals surface area contributed by atoms with E-state index in [-0.39, 0.29) is 17.2 Å². The zero-order valence-corrected chi connectivity index (χ0v) is 17.8. The number of aliphatic imine (C=N–C) groups is 1. The first-order chi connectivity index (χ1) is 14.0. The van der Waals surface area contributed by atoms with Gasteiger partial charge in [-0.1, -0.05) is 12.1 Å². The number of guanidine groups is 1. The highest BCUT2D eigenvalue weighted by molar-refractivity contribution is 7.91. The van der Waals surface area contributed by atoms with Crippen LogP contribution in [-0.2, 0) is 14.6 Å². The van der Waals surface area contributed by atoms with Crippen molar-refractivity contribution in [1.29, 1.82) is 0 Å². The van der Waals surface area contributed by atoms with Crippen molar-refractivity contribution in [3.05, 3.63) is 30.1 Å². The van der Waals surface area contributed by atoms with Gasteiger partial charge < -0.3 is 20.3 Å². The van der Waals surface area contributed by atoms with Crippen molar-refractivity contribution < 1.29 is 17.5 Å². The van der Waals surface area contributed by atoms with Gasteiger partial charge in [0.25, 0.3) is 0 Å². The first-order valence-corrected chi connectivity index (χ1v) is 11.9. The van der Waals surface area contributed by atoms with E-state index in [1.807, 2.05) is 0 Å². The highest BCUT2D eigenvalue weighted by atomic mass is 32.2. The summed E-state index contributed by atoms with van der Waals surface area (Å²) in [5.74, 6) is 0.323. The maximum absolute atomic E-state index is 13.8. The van der Waals surface area contributed by atoms with Crippen LogP contribution in [0.1, 0.15) is 19.3 Å². The molecule has 7 nitrogen and oxygen atoms in total. The Morgan fingerprint density at radius 1 is 1.28 bits per heavy atom. The Morgan fingerprint density at radius 2 is 2.03 bits per heavy atom. The third-order valence-corrected chi connectivity index (χ3v) is 7.27. The number of hydrogen-bond donors (Lipinski definition) is 2. The second-order valence-electron chi connectivity index (χ2n) is 7.70. The van der Waals surface area contributed by atoms with Crippen LogP contribution in [0.25, 0.3) is 0 Å². The van der Waals surface area contributed by atoms with Gasteiger partial charge in [-0.05, 0) is 37.3 Å². The Bertz CT molecular complexity index is 789. The predicted octanol–water partition coefficient (Wildman–Crippen LogP) is 1.27. The number of hydrogen-bond acceptors (Lipinski definition) is 5. The van der Waals surface area contributed by atoms with Crippen LogP contribution in [0.4, 0.5) is 4.39 Å². The Morgan fingerprint density at radius 3 is 2.69 bits per heavy atom. The molecule has 1 aromatic carbocycles. The lowest BCUT2D eigenvalue weighted by molar-refractivity contribution is 0.150. The smallest absolute Gasteiger partial charge is 0.191 e. The van der Waals surface area contributed by atoms with Crippen LogP contribution in [-0.4, -0.2) is 77.5 Å². The number of ether oxygens (including phenoxy) is 1. The molecule has 0 amide bonds. The summed E-state index contributed by atoms with van der Waals surface area (Å²) < 4.78 is 43.9. The molecule has 0 bridgehead atoms. The third-order valence-electron chi connectivity index (χ3n) is 5.53. The molecule has 1 unspecified atom stereocenters. The third kappa shape index (κ3) is 6.38. The van der Waals surface area contributed by atoms with Gasteiger partial charge in [-0.15, -0.1) is 0 Å². The molecule has 0 aliphatic carbocycles. The standard InChI is InChI=1S/C20H31FN4O3S/c1-22-20(23-9-13-29(26,27)19-5-3-2-4-18(19)21)24-17-6-10-25(11-7-17)14-16-8-12-28-15-16/h2-5,16-17H,6-15H2,1H3,(H2,22,23,24). The lowest BCUT2D eigenvalue weighted by Gasteiger charge is -2.34. The zero-order chi connectivity index (χ0) is 20.7. The molecule has 2 aliphatic heterocycles. The van der Waals surface area contributed by atoms with Crippen LogP contribution in [0.15, 0.2) is 34.2 Å². The summed E-state index contributed by atoms with van der Waals surface area (Å²) in [6, 6.07) is 5.76. The summed E-state index contributed by atoms with van der Waals surface area (Å²) in [4.78, 5) is 6.42. The van der Waals surface area contributed by atoms with Gasteiger partial charge in [0.15, 0.2) is 15.8 Å². The highest BCUT2D eigenvalue weighted by Crippen LogP contribution is 2.18. The normalized spacial score (nSPS) is 22.0. The van der Waals surface area contributed by atoms with Crippen LogP contribution in [0, 0.1) is 11.7 Å². The fourth-order valence-corrected chi connectivity index (χ4v) is 5.09. The van der Waals surface area contributed by atoms with Crippen LogP contribution in [0.2, 0.25) is 0 Å². The maximum Gasteiger partial charge on any atom is 0.191 e. The minimum Gasteiger partial charge on any atom is -0.381 e. The van der Waals surface area contributed by atoms with Gasteiger partial charge in [-0.25, -0.2) is 12.8 Å². The number of halogens is 1. The van der Waals surface area contributed by atoms with E-state index in [0.717, 1.165) is 58.2 Å². The molecule has 1 atom stereocenters. The number of benzene rings is 1. The Kier molecular flexibility index (Phi) is 7.85. The minimum absolute atomic E-state index is 0.164. The second-order valence-corrected chi connectivity index (χ2v) is 9.77. The average molecular weight is 427 g/mol. The van der Waals surface area contributed by atoms with Gasteiger partial charge in [0.05, 0.1) is 12.4 Å². The first-order valence-electron chi connectivity index (χ1n) is 10.2. The fraction of sp³-hybridized carbons (Fsp3) is 0.650. The Labute approximate surface area is 172 Å². The van der Waals surface area contributed by atoms with E-state index < -0.39 is 15.7 Å². The molecule has 3 rings (SSSR count). The van der Waals surface area contributed by atoms with Crippen molar-refractivity contribution in [2.45, 2.75) is 30.2 Å². The highest BCUT2D eigenvalue weighted by Gasteiger charge is 2.24. The summed E-state index contributed by atoms with van der Waals surface area (Å²) in [5.41, 5.74) is 0. The van der Waals surface area contributed by atoms with E-state index in [0.29, 0.717) is 17.9 Å². The van der Waals surface area contributed by atoms with E-state index in [4.69, 9.17) is 4.74 Å². The van der Waals surface area contributed by atoms with Crippen LogP contribution < -0.4 is 10.6 Å². The average Bonchev–Trinajstić information content (AvgIpc) is 3.22. The van der Waals surface area contributed by atoms with Crippen LogP contribution in [0.5, 0.6) is 0 Å². The zero-order valence-electron chi connectivity index (χ0n) is 16.9. The molecule has 9 heteroatoms. The second kappa shape index (κ2) is 10.4. The Balaban J connectivity index is 1.40. The van der Waals surface area contributed by atoms with E-state index in [2.05, 4.69) is 20.5 Å². The first kappa shape index (κ1) is 22.0. The van der Waals surface area contributed by atoms with Gasteiger partial charge in [0.1, 0.15) is 10.7 Å². The molecule has 29 heavy (non-hydrogen) atoms. The largest absolute Gasteiger partial charge is 0.381 e. The molecule has 0 saturated carbocycles. The van der Waals surface area contributed by atoms with Gasteiger partial charge in [-0.3, -0.25) is 4.99 Å². The van der Waals surface area contributed by atoms with E-state index in [9.17, 15) is 12.8 Å². The molecule has 2 heterocycles. The van der Waals surface area contributed by atoms with Crippen molar-refractivity contribution in [2.75, 3.05) is 52.2 Å². The molecular formula is C20H31FN4O3S.